The molecule has 1 fully saturated rings. The highest BCUT2D eigenvalue weighted by atomic mass is 14.7. The van der Waals surface area contributed by atoms with Crippen molar-refractivity contribution >= 4 is 0 Å². The first-order chi connectivity index (χ1) is 7.66. The van der Waals surface area contributed by atoms with Gasteiger partial charge in [0.25, 0.3) is 0 Å². The summed E-state index contributed by atoms with van der Waals surface area (Å²) in [5.74, 6) is 1.41. The quantitative estimate of drug-likeness (QED) is 0.806. The largest absolute Gasteiger partial charge is 0.330 e. The predicted octanol–water partition coefficient (Wildman–Crippen LogP) is 2.87. The summed E-state index contributed by atoms with van der Waals surface area (Å²) >= 11 is 0. The summed E-state index contributed by atoms with van der Waals surface area (Å²) in [4.78, 5) is 0. The van der Waals surface area contributed by atoms with E-state index >= 15 is 0 Å². The smallest absolute Gasteiger partial charge is 0.00375 e. The van der Waals surface area contributed by atoms with Gasteiger partial charge in [0.1, 0.15) is 0 Å². The summed E-state index contributed by atoms with van der Waals surface area (Å²) < 4.78 is 0. The van der Waals surface area contributed by atoms with E-state index in [9.17, 15) is 0 Å². The number of nitrogens with two attached hydrogens (primary N) is 1. The second kappa shape index (κ2) is 3.33. The Morgan fingerprint density at radius 2 is 2.12 bits per heavy atom. The summed E-state index contributed by atoms with van der Waals surface area (Å²) in [6.07, 6.45) is 3.91. The van der Waals surface area contributed by atoms with E-state index in [1.165, 1.54) is 19.3 Å². The topological polar surface area (TPSA) is 26.0 Å². The molecule has 86 valence electrons. The molecule has 2 aliphatic rings. The average molecular weight is 215 g/mol. The minimum Gasteiger partial charge on any atom is -0.330 e. The zero-order valence-corrected chi connectivity index (χ0v) is 10.3. The molecule has 1 nitrogen and oxygen atoms in total. The normalized spacial score (nSPS) is 30.2. The third-order valence-corrected chi connectivity index (χ3v) is 4.82. The molecule has 0 unspecified atom stereocenters. The summed E-state index contributed by atoms with van der Waals surface area (Å²) in [6, 6.07) is 6.88. The Morgan fingerprint density at radius 1 is 1.31 bits per heavy atom. The molecule has 0 saturated heterocycles. The van der Waals surface area contributed by atoms with Crippen LogP contribution in [0, 0.1) is 11.3 Å². The zero-order valence-electron chi connectivity index (χ0n) is 10.3. The molecular weight excluding hydrogens is 194 g/mol. The number of hydrogen-bond acceptors (Lipinski definition) is 1. The lowest BCUT2D eigenvalue weighted by Crippen LogP contribution is -2.05. The van der Waals surface area contributed by atoms with Crippen LogP contribution in [-0.4, -0.2) is 6.54 Å². The number of hydrogen-bond donors (Lipinski definition) is 1. The Hall–Kier alpha value is -0.820. The van der Waals surface area contributed by atoms with Crippen LogP contribution in [0.25, 0.3) is 0 Å². The molecule has 1 heteroatoms. The molecule has 0 spiro atoms. The van der Waals surface area contributed by atoms with Gasteiger partial charge in [0.15, 0.2) is 0 Å². The van der Waals surface area contributed by atoms with Crippen molar-refractivity contribution in [3.8, 4) is 0 Å². The van der Waals surface area contributed by atoms with Crippen molar-refractivity contribution in [2.75, 3.05) is 6.54 Å². The predicted molar refractivity (Wildman–Crippen MR) is 67.5 cm³/mol. The molecule has 0 amide bonds. The van der Waals surface area contributed by atoms with Gasteiger partial charge in [0, 0.05) is 0 Å². The van der Waals surface area contributed by atoms with Gasteiger partial charge in [-0.15, -0.1) is 0 Å². The second-order valence-electron chi connectivity index (χ2n) is 5.98. The molecule has 1 aromatic rings. The lowest BCUT2D eigenvalue weighted by atomic mass is 9.96. The van der Waals surface area contributed by atoms with Crippen molar-refractivity contribution in [1.82, 2.24) is 0 Å². The van der Waals surface area contributed by atoms with Gasteiger partial charge in [-0.3, -0.25) is 0 Å². The molecule has 1 aromatic carbocycles. The van der Waals surface area contributed by atoms with Crippen LogP contribution < -0.4 is 5.73 Å². The SMILES string of the molecule is CC1(C)[C@H](CN)[C@H]1c1cccc2c1CCC2. The summed E-state index contributed by atoms with van der Waals surface area (Å²) in [5.41, 5.74) is 11.2. The monoisotopic (exact) mass is 215 g/mol. The Kier molecular flexibility index (Phi) is 2.16. The molecule has 0 aromatic heterocycles. The molecule has 16 heavy (non-hydrogen) atoms. The van der Waals surface area contributed by atoms with Gasteiger partial charge in [-0.05, 0) is 59.7 Å². The molecule has 0 bridgehead atoms. The van der Waals surface area contributed by atoms with Crippen molar-refractivity contribution in [3.05, 3.63) is 34.9 Å². The number of fused-ring (bicyclic) bond motifs is 1. The van der Waals surface area contributed by atoms with Crippen molar-refractivity contribution in [1.29, 1.82) is 0 Å². The van der Waals surface area contributed by atoms with Gasteiger partial charge in [-0.1, -0.05) is 32.0 Å². The Bertz CT molecular complexity index is 419. The third-order valence-electron chi connectivity index (χ3n) is 4.82. The van der Waals surface area contributed by atoms with Crippen LogP contribution in [0.3, 0.4) is 0 Å². The highest BCUT2D eigenvalue weighted by Crippen LogP contribution is 2.64. The van der Waals surface area contributed by atoms with Gasteiger partial charge >= 0.3 is 0 Å². The fraction of sp³-hybridized carbons (Fsp3) is 0.600. The summed E-state index contributed by atoms with van der Waals surface area (Å²) in [6.45, 7) is 5.56. The van der Waals surface area contributed by atoms with Crippen LogP contribution in [0.2, 0.25) is 0 Å². The highest BCUT2D eigenvalue weighted by Gasteiger charge is 2.57. The summed E-state index contributed by atoms with van der Waals surface area (Å²) in [5, 5.41) is 0. The molecule has 0 radical (unpaired) electrons. The van der Waals surface area contributed by atoms with Crippen molar-refractivity contribution in [3.63, 3.8) is 0 Å². The van der Waals surface area contributed by atoms with E-state index < -0.39 is 0 Å². The van der Waals surface area contributed by atoms with E-state index in [0.717, 1.165) is 6.54 Å². The molecule has 3 rings (SSSR count). The first-order valence-corrected chi connectivity index (χ1v) is 6.47. The van der Waals surface area contributed by atoms with Crippen LogP contribution in [0.4, 0.5) is 0 Å². The van der Waals surface area contributed by atoms with Crippen LogP contribution >= 0.6 is 0 Å². The van der Waals surface area contributed by atoms with E-state index in [1.54, 1.807) is 16.7 Å². The second-order valence-corrected chi connectivity index (χ2v) is 5.98. The Balaban J connectivity index is 2.00. The molecule has 2 N–H and O–H groups in total. The lowest BCUT2D eigenvalue weighted by Gasteiger charge is -2.09. The van der Waals surface area contributed by atoms with Crippen LogP contribution in [0.5, 0.6) is 0 Å². The van der Waals surface area contributed by atoms with Crippen molar-refractivity contribution in [2.24, 2.45) is 17.1 Å². The molecular formula is C15H21N. The maximum atomic E-state index is 5.88. The van der Waals surface area contributed by atoms with Gasteiger partial charge in [-0.2, -0.15) is 0 Å². The zero-order chi connectivity index (χ0) is 11.3. The molecule has 1 saturated carbocycles. The molecule has 2 aliphatic carbocycles. The minimum absolute atomic E-state index is 0.423. The Labute approximate surface area is 98.0 Å². The van der Waals surface area contributed by atoms with E-state index in [2.05, 4.69) is 32.0 Å². The first kappa shape index (κ1) is 10.3. The van der Waals surface area contributed by atoms with Crippen molar-refractivity contribution < 1.29 is 0 Å². The average Bonchev–Trinajstić information content (AvgIpc) is 2.65. The maximum Gasteiger partial charge on any atom is -0.00375 e. The van der Waals surface area contributed by atoms with E-state index in [4.69, 9.17) is 5.73 Å². The Morgan fingerprint density at radius 3 is 2.81 bits per heavy atom. The van der Waals surface area contributed by atoms with E-state index in [0.29, 0.717) is 17.3 Å². The first-order valence-electron chi connectivity index (χ1n) is 6.47. The lowest BCUT2D eigenvalue weighted by molar-refractivity contribution is 0.558. The maximum absolute atomic E-state index is 5.88. The minimum atomic E-state index is 0.423. The molecule has 0 heterocycles. The fourth-order valence-electron chi connectivity index (χ4n) is 3.74. The third kappa shape index (κ3) is 1.27. The number of aryl methyl sites for hydroxylation is 1. The van der Waals surface area contributed by atoms with E-state index in [1.807, 2.05) is 0 Å². The van der Waals surface area contributed by atoms with Gasteiger partial charge < -0.3 is 5.73 Å². The van der Waals surface area contributed by atoms with Crippen molar-refractivity contribution in [2.45, 2.75) is 39.0 Å². The summed E-state index contributed by atoms with van der Waals surface area (Å²) in [7, 11) is 0. The fourth-order valence-corrected chi connectivity index (χ4v) is 3.74. The number of benzene rings is 1. The highest BCUT2D eigenvalue weighted by molar-refractivity contribution is 5.45. The van der Waals surface area contributed by atoms with Gasteiger partial charge in [-0.25, -0.2) is 0 Å². The standard InChI is InChI=1S/C15H21N/c1-15(2)13(9-16)14(15)12-8-4-6-10-5-3-7-11(10)12/h4,6,8,13-14H,3,5,7,9,16H2,1-2H3/t13-,14-/m1/s1. The van der Waals surface area contributed by atoms with Crippen LogP contribution in [0.1, 0.15) is 42.9 Å². The van der Waals surface area contributed by atoms with Gasteiger partial charge in [0.2, 0.25) is 0 Å². The van der Waals surface area contributed by atoms with Crippen LogP contribution in [-0.2, 0) is 12.8 Å². The molecule has 0 aliphatic heterocycles. The van der Waals surface area contributed by atoms with E-state index in [-0.39, 0.29) is 0 Å². The van der Waals surface area contributed by atoms with Gasteiger partial charge in [0.05, 0.1) is 0 Å². The van der Waals surface area contributed by atoms with Crippen LogP contribution in [0.15, 0.2) is 18.2 Å². The number of rotatable bonds is 2. The molecule has 2 atom stereocenters.